The summed E-state index contributed by atoms with van der Waals surface area (Å²) < 4.78 is 10.9. The van der Waals surface area contributed by atoms with Crippen molar-refractivity contribution in [3.05, 3.63) is 36.5 Å². The van der Waals surface area contributed by atoms with Gasteiger partial charge in [0.15, 0.2) is 6.29 Å². The number of allylic oxidation sites excluding steroid dienone is 5. The fourth-order valence-corrected chi connectivity index (χ4v) is 3.72. The molecule has 1 aliphatic heterocycles. The van der Waals surface area contributed by atoms with Crippen molar-refractivity contribution < 1.29 is 39.8 Å². The number of hydrogen-bond acceptors (Lipinski definition) is 8. The molecule has 0 aromatic rings. The summed E-state index contributed by atoms with van der Waals surface area (Å²) in [5, 5.41) is 52.9. The van der Waals surface area contributed by atoms with E-state index < -0.39 is 49.5 Å². The number of nitrogens with one attached hydrogen (secondary N) is 1. The summed E-state index contributed by atoms with van der Waals surface area (Å²) in [6, 6.07) is -0.816. The van der Waals surface area contributed by atoms with Crippen LogP contribution in [0.4, 0.5) is 0 Å². The Hall–Kier alpha value is -1.59. The van der Waals surface area contributed by atoms with Gasteiger partial charge in [-0.15, -0.1) is 0 Å². The second kappa shape index (κ2) is 19.5. The Balaban J connectivity index is 2.65. The average Bonchev–Trinajstić information content (AvgIpc) is 2.87. The zero-order valence-electron chi connectivity index (χ0n) is 21.7. The lowest BCUT2D eigenvalue weighted by atomic mass is 9.99. The maximum Gasteiger partial charge on any atom is 0.220 e. The molecular formula is C27H47NO8. The first-order valence-corrected chi connectivity index (χ1v) is 13.2. The third-order valence-corrected chi connectivity index (χ3v) is 5.96. The van der Waals surface area contributed by atoms with Crippen LogP contribution in [-0.2, 0) is 14.3 Å². The molecule has 9 heteroatoms. The van der Waals surface area contributed by atoms with Crippen molar-refractivity contribution in [1.29, 1.82) is 0 Å². The average molecular weight is 514 g/mol. The fourth-order valence-electron chi connectivity index (χ4n) is 3.72. The molecule has 36 heavy (non-hydrogen) atoms. The first-order valence-electron chi connectivity index (χ1n) is 13.2. The summed E-state index contributed by atoms with van der Waals surface area (Å²) >= 11 is 0. The number of aliphatic hydroxyl groups is 5. The monoisotopic (exact) mass is 513 g/mol. The number of hydrogen-bond donors (Lipinski definition) is 6. The molecule has 1 aliphatic rings. The molecule has 1 fully saturated rings. The number of rotatable bonds is 18. The maximum absolute atomic E-state index is 12.4. The number of ether oxygens (including phenoxy) is 2. The third-order valence-electron chi connectivity index (χ3n) is 5.96. The molecule has 1 saturated heterocycles. The molecule has 0 aromatic carbocycles. The van der Waals surface area contributed by atoms with E-state index in [1.807, 2.05) is 13.0 Å². The van der Waals surface area contributed by atoms with Crippen LogP contribution in [0, 0.1) is 0 Å². The Bertz CT molecular complexity index is 666. The minimum Gasteiger partial charge on any atom is -0.394 e. The minimum atomic E-state index is -1.57. The molecule has 0 saturated carbocycles. The molecule has 6 N–H and O–H groups in total. The predicted molar refractivity (Wildman–Crippen MR) is 138 cm³/mol. The first-order chi connectivity index (χ1) is 17.3. The molecule has 9 nitrogen and oxygen atoms in total. The van der Waals surface area contributed by atoms with Crippen LogP contribution in [0.15, 0.2) is 36.5 Å². The van der Waals surface area contributed by atoms with E-state index >= 15 is 0 Å². The molecule has 7 atom stereocenters. The second-order valence-corrected chi connectivity index (χ2v) is 9.09. The van der Waals surface area contributed by atoms with E-state index in [-0.39, 0.29) is 12.5 Å². The van der Waals surface area contributed by atoms with Gasteiger partial charge in [-0.3, -0.25) is 4.79 Å². The summed E-state index contributed by atoms with van der Waals surface area (Å²) in [5.74, 6) is -0.224. The van der Waals surface area contributed by atoms with Gasteiger partial charge >= 0.3 is 0 Å². The topological polar surface area (TPSA) is 149 Å². The first kappa shape index (κ1) is 32.4. The summed E-state index contributed by atoms with van der Waals surface area (Å²) in [6.45, 7) is 3.37. The van der Waals surface area contributed by atoms with Crippen LogP contribution < -0.4 is 5.32 Å². The highest BCUT2D eigenvalue weighted by Gasteiger charge is 2.44. The maximum atomic E-state index is 12.4. The largest absolute Gasteiger partial charge is 0.394 e. The summed E-state index contributed by atoms with van der Waals surface area (Å²) in [6.07, 6.45) is 11.5. The van der Waals surface area contributed by atoms with E-state index in [4.69, 9.17) is 9.47 Å². The molecule has 0 spiro atoms. The molecule has 0 bridgehead atoms. The lowest BCUT2D eigenvalue weighted by Crippen LogP contribution is -2.60. The van der Waals surface area contributed by atoms with Crippen molar-refractivity contribution in [3.63, 3.8) is 0 Å². The fraction of sp³-hybridized carbons (Fsp3) is 0.741. The van der Waals surface area contributed by atoms with Crippen molar-refractivity contribution in [1.82, 2.24) is 5.32 Å². The van der Waals surface area contributed by atoms with Crippen molar-refractivity contribution in [2.24, 2.45) is 0 Å². The molecule has 208 valence electrons. The second-order valence-electron chi connectivity index (χ2n) is 9.09. The number of amides is 1. The van der Waals surface area contributed by atoms with E-state index in [0.29, 0.717) is 6.42 Å². The standard InChI is InChI=1S/C27H47NO8/c1-3-5-7-8-9-10-11-12-13-15-16-21(30)20(28-23(31)17-14-6-4-2)19-35-27-26(34)25(33)24(32)22(18-29)36-27/h5,7,10-11,15-16,20-22,24-27,29-30,32-34H,3-4,6,8-9,12-14,17-19H2,1-2H3,(H,28,31)/b7-5+,11-10+,16-15+. The van der Waals surface area contributed by atoms with Gasteiger partial charge in [-0.05, 0) is 38.5 Å². The van der Waals surface area contributed by atoms with Crippen LogP contribution in [0.1, 0.15) is 71.6 Å². The molecular weight excluding hydrogens is 466 g/mol. The van der Waals surface area contributed by atoms with E-state index in [0.717, 1.165) is 51.4 Å². The number of carbonyl (C=O) groups is 1. The van der Waals surface area contributed by atoms with E-state index in [1.165, 1.54) is 0 Å². The minimum absolute atomic E-state index is 0.209. The Morgan fingerprint density at radius 3 is 2.19 bits per heavy atom. The Morgan fingerprint density at radius 1 is 0.944 bits per heavy atom. The molecule has 0 aliphatic carbocycles. The SMILES string of the molecule is CC/C=C/CC/C=C/CC/C=C/C(O)C(COC1OC(CO)C(O)C(O)C1O)NC(=O)CCCCC. The lowest BCUT2D eigenvalue weighted by molar-refractivity contribution is -0.302. The van der Waals surface area contributed by atoms with E-state index in [1.54, 1.807) is 6.08 Å². The lowest BCUT2D eigenvalue weighted by Gasteiger charge is -2.40. The van der Waals surface area contributed by atoms with E-state index in [9.17, 15) is 30.3 Å². The highest BCUT2D eigenvalue weighted by atomic mass is 16.7. The van der Waals surface area contributed by atoms with Crippen LogP contribution in [0.5, 0.6) is 0 Å². The smallest absolute Gasteiger partial charge is 0.220 e. The van der Waals surface area contributed by atoms with Crippen LogP contribution in [0.2, 0.25) is 0 Å². The number of unbranched alkanes of at least 4 members (excludes halogenated alkanes) is 4. The zero-order chi connectivity index (χ0) is 26.8. The Morgan fingerprint density at radius 2 is 1.58 bits per heavy atom. The summed E-state index contributed by atoms with van der Waals surface area (Å²) in [5.41, 5.74) is 0. The van der Waals surface area contributed by atoms with Gasteiger partial charge < -0.3 is 40.3 Å². The molecule has 1 rings (SSSR count). The quantitative estimate of drug-likeness (QED) is 0.120. The van der Waals surface area contributed by atoms with Crippen LogP contribution in [-0.4, -0.2) is 87.5 Å². The van der Waals surface area contributed by atoms with E-state index in [2.05, 4.69) is 36.5 Å². The molecule has 1 amide bonds. The zero-order valence-corrected chi connectivity index (χ0v) is 21.7. The summed E-state index contributed by atoms with van der Waals surface area (Å²) in [7, 11) is 0. The highest BCUT2D eigenvalue weighted by molar-refractivity contribution is 5.76. The van der Waals surface area contributed by atoms with Gasteiger partial charge in [0.25, 0.3) is 0 Å². The van der Waals surface area contributed by atoms with Gasteiger partial charge in [-0.1, -0.05) is 63.1 Å². The summed E-state index contributed by atoms with van der Waals surface area (Å²) in [4.78, 5) is 12.4. The number of carbonyl (C=O) groups excluding carboxylic acids is 1. The number of aliphatic hydroxyl groups excluding tert-OH is 5. The van der Waals surface area contributed by atoms with Crippen molar-refractivity contribution >= 4 is 5.91 Å². The van der Waals surface area contributed by atoms with Gasteiger partial charge in [-0.2, -0.15) is 0 Å². The van der Waals surface area contributed by atoms with Crippen molar-refractivity contribution in [3.8, 4) is 0 Å². The Labute approximate surface area is 215 Å². The molecule has 0 radical (unpaired) electrons. The van der Waals surface area contributed by atoms with Crippen molar-refractivity contribution in [2.45, 2.75) is 114 Å². The van der Waals surface area contributed by atoms with Crippen LogP contribution >= 0.6 is 0 Å². The van der Waals surface area contributed by atoms with Gasteiger partial charge in [0, 0.05) is 6.42 Å². The molecule has 0 aromatic heterocycles. The third kappa shape index (κ3) is 12.6. The van der Waals surface area contributed by atoms with Crippen molar-refractivity contribution in [2.75, 3.05) is 13.2 Å². The van der Waals surface area contributed by atoms with Gasteiger partial charge in [0.1, 0.15) is 24.4 Å². The van der Waals surface area contributed by atoms with Gasteiger partial charge in [0.05, 0.1) is 25.4 Å². The van der Waals surface area contributed by atoms with Crippen LogP contribution in [0.25, 0.3) is 0 Å². The van der Waals surface area contributed by atoms with Gasteiger partial charge in [0.2, 0.25) is 5.91 Å². The predicted octanol–water partition coefficient (Wildman–Crippen LogP) is 1.87. The van der Waals surface area contributed by atoms with Gasteiger partial charge in [-0.25, -0.2) is 0 Å². The highest BCUT2D eigenvalue weighted by Crippen LogP contribution is 2.22. The normalized spacial score (nSPS) is 26.7. The van der Waals surface area contributed by atoms with Crippen LogP contribution in [0.3, 0.4) is 0 Å². The molecule has 7 unspecified atom stereocenters. The Kier molecular flexibility index (Phi) is 17.6. The molecule has 1 heterocycles.